The van der Waals surface area contributed by atoms with Crippen LogP contribution in [0, 0.1) is 11.8 Å². The zero-order valence-corrected chi connectivity index (χ0v) is 14.2. The minimum atomic E-state index is -0.216. The molecular weight excluding hydrogens is 316 g/mol. The fraction of sp³-hybridized carbons (Fsp3) is 0.529. The molecule has 2 amide bonds. The highest BCUT2D eigenvalue weighted by atomic mass is 35.5. The van der Waals surface area contributed by atoms with Gasteiger partial charge in [-0.1, -0.05) is 25.4 Å². The molecule has 6 heteroatoms. The zero-order chi connectivity index (χ0) is 16.6. The summed E-state index contributed by atoms with van der Waals surface area (Å²) < 4.78 is 5.41. The van der Waals surface area contributed by atoms with Crippen molar-refractivity contribution in [3.8, 4) is 5.75 Å². The average molecular weight is 337 g/mol. The van der Waals surface area contributed by atoms with E-state index < -0.39 is 0 Å². The van der Waals surface area contributed by atoms with Crippen molar-refractivity contribution >= 4 is 29.1 Å². The highest BCUT2D eigenvalue weighted by Gasteiger charge is 2.31. The summed E-state index contributed by atoms with van der Waals surface area (Å²) in [6.07, 6.45) is 1.14. The number of hydrogen-bond acceptors (Lipinski definition) is 3. The molecule has 2 heterocycles. The maximum Gasteiger partial charge on any atom is 0.265 e. The van der Waals surface area contributed by atoms with Crippen LogP contribution in [-0.4, -0.2) is 43.0 Å². The van der Waals surface area contributed by atoms with E-state index >= 15 is 0 Å². The van der Waals surface area contributed by atoms with Gasteiger partial charge in [0.1, 0.15) is 12.3 Å². The summed E-state index contributed by atoms with van der Waals surface area (Å²) in [7, 11) is 0. The van der Waals surface area contributed by atoms with Crippen molar-refractivity contribution in [2.24, 2.45) is 11.8 Å². The standard InChI is InChI=1S/C17H21ClN2O3/c1-11-5-12(2)8-19(7-11)16(21)9-20-14-6-13(18)3-4-15(14)23-10-17(20)22/h3-4,6,11-12H,5,7-10H2,1-2H3/t11-,12+. The van der Waals surface area contributed by atoms with Crippen LogP contribution in [0.2, 0.25) is 5.02 Å². The fourth-order valence-electron chi connectivity index (χ4n) is 3.45. The van der Waals surface area contributed by atoms with Crippen LogP contribution in [0.4, 0.5) is 5.69 Å². The van der Waals surface area contributed by atoms with Crippen LogP contribution in [0.15, 0.2) is 18.2 Å². The zero-order valence-electron chi connectivity index (χ0n) is 13.4. The van der Waals surface area contributed by atoms with Crippen molar-refractivity contribution in [3.63, 3.8) is 0 Å². The second-order valence-electron chi connectivity index (χ2n) is 6.63. The smallest absolute Gasteiger partial charge is 0.265 e. The number of hydrogen-bond donors (Lipinski definition) is 0. The van der Waals surface area contributed by atoms with E-state index in [2.05, 4.69) is 13.8 Å². The molecular formula is C17H21ClN2O3. The first kappa shape index (κ1) is 16.1. The predicted octanol–water partition coefficient (Wildman–Crippen LogP) is 2.57. The molecule has 0 saturated carbocycles. The molecule has 1 aromatic rings. The molecule has 124 valence electrons. The number of carbonyl (C=O) groups excluding carboxylic acids is 2. The molecule has 0 radical (unpaired) electrons. The van der Waals surface area contributed by atoms with Crippen LogP contribution < -0.4 is 9.64 Å². The minimum Gasteiger partial charge on any atom is -0.482 e. The minimum absolute atomic E-state index is 0.0235. The summed E-state index contributed by atoms with van der Waals surface area (Å²) in [5, 5.41) is 0.514. The average Bonchev–Trinajstić information content (AvgIpc) is 2.49. The van der Waals surface area contributed by atoms with Gasteiger partial charge in [-0.15, -0.1) is 0 Å². The van der Waals surface area contributed by atoms with Gasteiger partial charge in [-0.25, -0.2) is 0 Å². The third-order valence-corrected chi connectivity index (χ3v) is 4.61. The molecule has 23 heavy (non-hydrogen) atoms. The lowest BCUT2D eigenvalue weighted by molar-refractivity contribution is -0.134. The van der Waals surface area contributed by atoms with Gasteiger partial charge < -0.3 is 9.64 Å². The van der Waals surface area contributed by atoms with E-state index in [1.165, 1.54) is 4.90 Å². The van der Waals surface area contributed by atoms with E-state index in [9.17, 15) is 9.59 Å². The first-order valence-electron chi connectivity index (χ1n) is 7.94. The number of benzene rings is 1. The normalized spacial score (nSPS) is 24.2. The fourth-order valence-corrected chi connectivity index (χ4v) is 3.62. The maximum absolute atomic E-state index is 12.7. The molecule has 2 aliphatic rings. The maximum atomic E-state index is 12.7. The Morgan fingerprint density at radius 3 is 2.70 bits per heavy atom. The summed E-state index contributed by atoms with van der Waals surface area (Å²) in [6.45, 7) is 5.81. The van der Waals surface area contributed by atoms with Crippen LogP contribution in [-0.2, 0) is 9.59 Å². The van der Waals surface area contributed by atoms with E-state index in [1.54, 1.807) is 18.2 Å². The van der Waals surface area contributed by atoms with E-state index in [0.717, 1.165) is 19.5 Å². The summed E-state index contributed by atoms with van der Waals surface area (Å²) in [5.74, 6) is 1.33. The summed E-state index contributed by atoms with van der Waals surface area (Å²) in [6, 6.07) is 5.11. The van der Waals surface area contributed by atoms with Gasteiger partial charge in [-0.3, -0.25) is 14.5 Å². The Labute approximate surface area is 141 Å². The van der Waals surface area contributed by atoms with Crippen molar-refractivity contribution in [2.75, 3.05) is 31.1 Å². The number of likely N-dealkylation sites (tertiary alicyclic amines) is 1. The quantitative estimate of drug-likeness (QED) is 0.834. The molecule has 0 unspecified atom stereocenters. The van der Waals surface area contributed by atoms with Crippen molar-refractivity contribution in [1.82, 2.24) is 4.90 Å². The summed E-state index contributed by atoms with van der Waals surface area (Å²) >= 11 is 6.02. The Balaban J connectivity index is 1.78. The molecule has 0 bridgehead atoms. The Hall–Kier alpha value is -1.75. The van der Waals surface area contributed by atoms with Gasteiger partial charge in [0, 0.05) is 18.1 Å². The SMILES string of the molecule is C[C@@H]1C[C@H](C)CN(C(=O)CN2C(=O)COc3ccc(Cl)cc32)C1. The molecule has 2 atom stereocenters. The van der Waals surface area contributed by atoms with Crippen LogP contribution in [0.3, 0.4) is 0 Å². The summed E-state index contributed by atoms with van der Waals surface area (Å²) in [5.41, 5.74) is 0.570. The molecule has 0 spiro atoms. The van der Waals surface area contributed by atoms with Crippen molar-refractivity contribution in [1.29, 1.82) is 0 Å². The van der Waals surface area contributed by atoms with Gasteiger partial charge in [0.2, 0.25) is 5.91 Å². The van der Waals surface area contributed by atoms with Crippen molar-refractivity contribution in [3.05, 3.63) is 23.2 Å². The van der Waals surface area contributed by atoms with Crippen LogP contribution in [0.5, 0.6) is 5.75 Å². The number of nitrogens with zero attached hydrogens (tertiary/aromatic N) is 2. The molecule has 5 nitrogen and oxygen atoms in total. The second-order valence-corrected chi connectivity index (χ2v) is 7.06. The number of ether oxygens (including phenoxy) is 1. The molecule has 0 aromatic heterocycles. The lowest BCUT2D eigenvalue weighted by atomic mass is 9.92. The van der Waals surface area contributed by atoms with E-state index in [4.69, 9.17) is 16.3 Å². The van der Waals surface area contributed by atoms with Crippen molar-refractivity contribution in [2.45, 2.75) is 20.3 Å². The first-order chi connectivity index (χ1) is 10.9. The van der Waals surface area contributed by atoms with E-state index in [-0.39, 0.29) is 25.0 Å². The number of carbonyl (C=O) groups is 2. The number of rotatable bonds is 2. The number of halogens is 1. The largest absolute Gasteiger partial charge is 0.482 e. The molecule has 1 saturated heterocycles. The monoisotopic (exact) mass is 336 g/mol. The first-order valence-corrected chi connectivity index (χ1v) is 8.32. The highest BCUT2D eigenvalue weighted by Crippen LogP contribution is 2.34. The van der Waals surface area contributed by atoms with Crippen LogP contribution in [0.25, 0.3) is 0 Å². The van der Waals surface area contributed by atoms with Gasteiger partial charge in [0.25, 0.3) is 5.91 Å². The van der Waals surface area contributed by atoms with Gasteiger partial charge in [0.05, 0.1) is 5.69 Å². The molecule has 0 N–H and O–H groups in total. The van der Waals surface area contributed by atoms with Crippen LogP contribution in [0.1, 0.15) is 20.3 Å². The van der Waals surface area contributed by atoms with Gasteiger partial charge in [0.15, 0.2) is 6.61 Å². The third kappa shape index (κ3) is 3.44. The topological polar surface area (TPSA) is 49.9 Å². The number of piperidine rings is 1. The Morgan fingerprint density at radius 1 is 1.30 bits per heavy atom. The number of anilines is 1. The van der Waals surface area contributed by atoms with Crippen LogP contribution >= 0.6 is 11.6 Å². The Bertz CT molecular complexity index is 624. The molecule has 3 rings (SSSR count). The van der Waals surface area contributed by atoms with Gasteiger partial charge in [-0.2, -0.15) is 0 Å². The second kappa shape index (κ2) is 6.40. The number of fused-ring (bicyclic) bond motifs is 1. The lowest BCUT2D eigenvalue weighted by Gasteiger charge is -2.37. The van der Waals surface area contributed by atoms with Gasteiger partial charge in [-0.05, 0) is 36.5 Å². The number of amides is 2. The Morgan fingerprint density at radius 2 is 2.00 bits per heavy atom. The van der Waals surface area contributed by atoms with E-state index in [0.29, 0.717) is 28.3 Å². The molecule has 1 aromatic carbocycles. The van der Waals surface area contributed by atoms with Crippen molar-refractivity contribution < 1.29 is 14.3 Å². The van der Waals surface area contributed by atoms with E-state index in [1.807, 2.05) is 4.90 Å². The highest BCUT2D eigenvalue weighted by molar-refractivity contribution is 6.31. The predicted molar refractivity (Wildman–Crippen MR) is 88.8 cm³/mol. The summed E-state index contributed by atoms with van der Waals surface area (Å²) in [4.78, 5) is 28.2. The molecule has 1 fully saturated rings. The molecule has 0 aliphatic carbocycles. The lowest BCUT2D eigenvalue weighted by Crippen LogP contribution is -2.50. The van der Waals surface area contributed by atoms with Gasteiger partial charge >= 0.3 is 0 Å². The molecule has 2 aliphatic heterocycles. The third-order valence-electron chi connectivity index (χ3n) is 4.38. The Kier molecular flexibility index (Phi) is 4.48.